The number of esters is 1. The van der Waals surface area contributed by atoms with E-state index in [4.69, 9.17) is 4.74 Å². The number of allylic oxidation sites excluding steroid dienone is 3. The number of carbonyl (C=O) groups is 2. The lowest BCUT2D eigenvalue weighted by molar-refractivity contribution is -0.139. The van der Waals surface area contributed by atoms with E-state index in [9.17, 15) is 9.59 Å². The van der Waals surface area contributed by atoms with Crippen molar-refractivity contribution in [2.45, 2.75) is 47.0 Å². The lowest BCUT2D eigenvalue weighted by Gasteiger charge is -2.25. The molecule has 0 radical (unpaired) electrons. The Balaban J connectivity index is 2.83. The quantitative estimate of drug-likeness (QED) is 0.429. The largest absolute Gasteiger partial charge is 0.462 e. The number of ether oxygens (including phenoxy) is 1. The zero-order valence-corrected chi connectivity index (χ0v) is 11.7. The summed E-state index contributed by atoms with van der Waals surface area (Å²) in [5, 5.41) is 0. The first kappa shape index (κ1) is 14.7. The van der Waals surface area contributed by atoms with E-state index in [1.54, 1.807) is 6.08 Å². The van der Waals surface area contributed by atoms with Gasteiger partial charge in [0.2, 0.25) is 0 Å². The van der Waals surface area contributed by atoms with Gasteiger partial charge in [0.25, 0.3) is 0 Å². The second-order valence-corrected chi connectivity index (χ2v) is 5.73. The van der Waals surface area contributed by atoms with Crippen LogP contribution in [0.1, 0.15) is 47.0 Å². The van der Waals surface area contributed by atoms with Crippen molar-refractivity contribution in [1.29, 1.82) is 0 Å². The van der Waals surface area contributed by atoms with Crippen LogP contribution in [-0.2, 0) is 14.3 Å². The smallest absolute Gasteiger partial charge is 0.302 e. The molecule has 100 valence electrons. The highest BCUT2D eigenvalue weighted by Gasteiger charge is 2.25. The Labute approximate surface area is 109 Å². The molecule has 18 heavy (non-hydrogen) atoms. The van der Waals surface area contributed by atoms with Gasteiger partial charge in [-0.2, -0.15) is 0 Å². The SMILES string of the molecule is CC(=O)OC/C=C1/C/C(C)=C\CC(C)(C)CC1=O. The van der Waals surface area contributed by atoms with Crippen LogP contribution in [0, 0.1) is 5.41 Å². The van der Waals surface area contributed by atoms with Gasteiger partial charge in [-0.05, 0) is 36.8 Å². The molecule has 3 heteroatoms. The van der Waals surface area contributed by atoms with Crippen molar-refractivity contribution in [2.24, 2.45) is 5.41 Å². The number of rotatable bonds is 2. The maximum atomic E-state index is 12.2. The highest BCUT2D eigenvalue weighted by molar-refractivity contribution is 5.96. The summed E-state index contributed by atoms with van der Waals surface area (Å²) < 4.78 is 4.87. The number of carbonyl (C=O) groups excluding carboxylic acids is 2. The summed E-state index contributed by atoms with van der Waals surface area (Å²) in [6.45, 7) is 7.79. The average Bonchev–Trinajstić information content (AvgIpc) is 2.23. The van der Waals surface area contributed by atoms with Gasteiger partial charge in [0.05, 0.1) is 0 Å². The van der Waals surface area contributed by atoms with Crippen LogP contribution in [0.15, 0.2) is 23.3 Å². The second kappa shape index (κ2) is 5.98. The molecule has 0 aliphatic heterocycles. The third-order valence-corrected chi connectivity index (χ3v) is 3.09. The summed E-state index contributed by atoms with van der Waals surface area (Å²) in [4.78, 5) is 22.9. The van der Waals surface area contributed by atoms with Crippen LogP contribution in [0.25, 0.3) is 0 Å². The molecule has 0 aromatic heterocycles. The third kappa shape index (κ3) is 4.86. The molecule has 1 aliphatic carbocycles. The van der Waals surface area contributed by atoms with Gasteiger partial charge < -0.3 is 4.74 Å². The van der Waals surface area contributed by atoms with Gasteiger partial charge in [0.15, 0.2) is 5.78 Å². The third-order valence-electron chi connectivity index (χ3n) is 3.09. The highest BCUT2D eigenvalue weighted by Crippen LogP contribution is 2.32. The van der Waals surface area contributed by atoms with Crippen LogP contribution in [0.5, 0.6) is 0 Å². The predicted molar refractivity (Wildman–Crippen MR) is 71.1 cm³/mol. The van der Waals surface area contributed by atoms with Gasteiger partial charge in [0.1, 0.15) is 6.61 Å². The van der Waals surface area contributed by atoms with Crippen molar-refractivity contribution in [3.05, 3.63) is 23.3 Å². The summed E-state index contributed by atoms with van der Waals surface area (Å²) >= 11 is 0. The lowest BCUT2D eigenvalue weighted by Crippen LogP contribution is -2.20. The Kier molecular flexibility index (Phi) is 4.88. The van der Waals surface area contributed by atoms with Crippen LogP contribution in [0.2, 0.25) is 0 Å². The number of hydrogen-bond donors (Lipinski definition) is 0. The van der Waals surface area contributed by atoms with E-state index in [1.807, 2.05) is 6.92 Å². The lowest BCUT2D eigenvalue weighted by atomic mass is 9.79. The minimum atomic E-state index is -0.322. The molecule has 1 rings (SSSR count). The molecule has 0 atom stereocenters. The Morgan fingerprint density at radius 1 is 1.50 bits per heavy atom. The Morgan fingerprint density at radius 2 is 2.17 bits per heavy atom. The zero-order chi connectivity index (χ0) is 13.8. The van der Waals surface area contributed by atoms with Gasteiger partial charge in [0, 0.05) is 13.3 Å². The van der Waals surface area contributed by atoms with Crippen molar-refractivity contribution in [2.75, 3.05) is 6.61 Å². The molecule has 0 unspecified atom stereocenters. The molecule has 0 aromatic carbocycles. The number of ketones is 1. The normalized spacial score (nSPS) is 25.0. The van der Waals surface area contributed by atoms with E-state index >= 15 is 0 Å². The maximum absolute atomic E-state index is 12.2. The second-order valence-electron chi connectivity index (χ2n) is 5.73. The van der Waals surface area contributed by atoms with Gasteiger partial charge in [-0.25, -0.2) is 0 Å². The summed E-state index contributed by atoms with van der Waals surface area (Å²) in [6, 6.07) is 0. The van der Waals surface area contributed by atoms with Gasteiger partial charge >= 0.3 is 5.97 Å². The summed E-state index contributed by atoms with van der Waals surface area (Å²) in [5.41, 5.74) is 1.96. The van der Waals surface area contributed by atoms with Crippen LogP contribution >= 0.6 is 0 Å². The Hall–Kier alpha value is -1.38. The van der Waals surface area contributed by atoms with Crippen LogP contribution in [-0.4, -0.2) is 18.4 Å². The molecule has 0 fully saturated rings. The Morgan fingerprint density at radius 3 is 2.78 bits per heavy atom. The van der Waals surface area contributed by atoms with E-state index in [1.165, 1.54) is 12.5 Å². The minimum absolute atomic E-state index is 0.000708. The number of hydrogen-bond acceptors (Lipinski definition) is 3. The summed E-state index contributed by atoms with van der Waals surface area (Å²) in [5.74, 6) is -0.155. The van der Waals surface area contributed by atoms with E-state index in [2.05, 4.69) is 19.9 Å². The molecule has 0 spiro atoms. The van der Waals surface area contributed by atoms with E-state index < -0.39 is 0 Å². The maximum Gasteiger partial charge on any atom is 0.302 e. The monoisotopic (exact) mass is 250 g/mol. The molecule has 0 saturated heterocycles. The van der Waals surface area contributed by atoms with E-state index in [0.29, 0.717) is 12.8 Å². The molecule has 0 aromatic rings. The van der Waals surface area contributed by atoms with Gasteiger partial charge in [-0.3, -0.25) is 9.59 Å². The molecular weight excluding hydrogens is 228 g/mol. The summed E-state index contributed by atoms with van der Waals surface area (Å²) in [7, 11) is 0. The van der Waals surface area contributed by atoms with Gasteiger partial charge in [-0.1, -0.05) is 25.5 Å². The van der Waals surface area contributed by atoms with Crippen LogP contribution in [0.3, 0.4) is 0 Å². The van der Waals surface area contributed by atoms with Crippen LogP contribution < -0.4 is 0 Å². The van der Waals surface area contributed by atoms with Gasteiger partial charge in [-0.15, -0.1) is 0 Å². The minimum Gasteiger partial charge on any atom is -0.462 e. The first-order chi connectivity index (χ1) is 8.30. The molecule has 3 nitrogen and oxygen atoms in total. The van der Waals surface area contributed by atoms with Crippen LogP contribution in [0.4, 0.5) is 0 Å². The predicted octanol–water partition coefficient (Wildman–Crippen LogP) is 3.20. The standard InChI is InChI=1S/C15H22O3/c1-11-5-7-15(3,4)10-14(17)13(9-11)6-8-18-12(2)16/h5-6H,7-10H2,1-4H3/b11-5-,13-6-. The first-order valence-electron chi connectivity index (χ1n) is 6.31. The molecule has 0 heterocycles. The van der Waals surface area contributed by atoms with E-state index in [-0.39, 0.29) is 23.8 Å². The summed E-state index contributed by atoms with van der Waals surface area (Å²) in [6.07, 6.45) is 6.08. The van der Waals surface area contributed by atoms with Crippen molar-refractivity contribution >= 4 is 11.8 Å². The van der Waals surface area contributed by atoms with Crippen molar-refractivity contribution in [3.63, 3.8) is 0 Å². The van der Waals surface area contributed by atoms with Crippen molar-refractivity contribution < 1.29 is 14.3 Å². The van der Waals surface area contributed by atoms with Crippen molar-refractivity contribution in [1.82, 2.24) is 0 Å². The molecule has 0 bridgehead atoms. The van der Waals surface area contributed by atoms with Crippen molar-refractivity contribution in [3.8, 4) is 0 Å². The molecule has 1 aliphatic rings. The fraction of sp³-hybridized carbons (Fsp3) is 0.600. The topological polar surface area (TPSA) is 43.4 Å². The molecule has 0 saturated carbocycles. The zero-order valence-electron chi connectivity index (χ0n) is 11.7. The molecule has 0 amide bonds. The molecule has 0 N–H and O–H groups in total. The molecular formula is C15H22O3. The fourth-order valence-electron chi connectivity index (χ4n) is 1.99. The Bertz CT molecular complexity index is 400. The van der Waals surface area contributed by atoms with E-state index in [0.717, 1.165) is 12.0 Å². The number of Topliss-reactive ketones (excluding diaryl/α,β-unsaturated/α-hetero) is 1. The average molecular weight is 250 g/mol. The fourth-order valence-corrected chi connectivity index (χ4v) is 1.99. The highest BCUT2D eigenvalue weighted by atomic mass is 16.5. The first-order valence-corrected chi connectivity index (χ1v) is 6.31.